The van der Waals surface area contributed by atoms with Crippen LogP contribution in [0.25, 0.3) is 11.5 Å². The molecular weight excluding hydrogens is 469 g/mol. The van der Waals surface area contributed by atoms with Crippen LogP contribution in [-0.2, 0) is 10.2 Å². The van der Waals surface area contributed by atoms with Gasteiger partial charge in [0.2, 0.25) is 5.91 Å². The largest absolute Gasteiger partial charge is 0.364 e. The van der Waals surface area contributed by atoms with Gasteiger partial charge in [0.1, 0.15) is 0 Å². The number of amides is 2. The maximum absolute atomic E-state index is 13.2. The van der Waals surface area contributed by atoms with E-state index in [1.165, 1.54) is 18.5 Å². The topological polar surface area (TPSA) is 146 Å². The fourth-order valence-corrected chi connectivity index (χ4v) is 4.57. The van der Waals surface area contributed by atoms with Crippen LogP contribution in [0.3, 0.4) is 0 Å². The molecule has 5 rings (SSSR count). The SMILES string of the molecule is CC1(C)CC(C(=O)Nc2cnc(-n3ncc(C(N)=O)n3)c(Cl)c2)c2cnc3cc(Cl)nn3c21. The van der Waals surface area contributed by atoms with Gasteiger partial charge in [0.25, 0.3) is 5.91 Å². The smallest absolute Gasteiger partial charge is 0.270 e. The summed E-state index contributed by atoms with van der Waals surface area (Å²) in [5, 5.41) is 15.6. The molecule has 0 saturated heterocycles. The molecular formula is C20H17Cl2N9O2. The fourth-order valence-electron chi connectivity index (χ4n) is 4.16. The Hall–Kier alpha value is -3.57. The lowest BCUT2D eigenvalue weighted by molar-refractivity contribution is -0.117. The highest BCUT2D eigenvalue weighted by atomic mass is 35.5. The first kappa shape index (κ1) is 21.3. The van der Waals surface area contributed by atoms with Crippen molar-refractivity contribution in [1.82, 2.24) is 34.6 Å². The minimum atomic E-state index is -0.717. The second-order valence-corrected chi connectivity index (χ2v) is 9.14. The number of pyridine rings is 1. The third-order valence-electron chi connectivity index (χ3n) is 5.55. The molecule has 0 aliphatic heterocycles. The lowest BCUT2D eigenvalue weighted by Gasteiger charge is -2.19. The number of nitrogens with one attached hydrogen (secondary N) is 1. The Bertz CT molecular complexity index is 1440. The molecule has 4 aromatic rings. The van der Waals surface area contributed by atoms with Crippen LogP contribution in [0.1, 0.15) is 47.9 Å². The molecule has 1 unspecified atom stereocenters. The second kappa shape index (κ2) is 7.49. The molecule has 1 aliphatic carbocycles. The van der Waals surface area contributed by atoms with Crippen LogP contribution in [0.5, 0.6) is 0 Å². The number of nitrogens with zero attached hydrogens (tertiary/aromatic N) is 7. The number of halogens is 2. The van der Waals surface area contributed by atoms with Gasteiger partial charge in [0.15, 0.2) is 22.3 Å². The summed E-state index contributed by atoms with van der Waals surface area (Å²) in [7, 11) is 0. The molecule has 1 atom stereocenters. The molecule has 13 heteroatoms. The Morgan fingerprint density at radius 2 is 1.94 bits per heavy atom. The molecule has 33 heavy (non-hydrogen) atoms. The van der Waals surface area contributed by atoms with Gasteiger partial charge < -0.3 is 11.1 Å². The number of rotatable bonds is 4. The van der Waals surface area contributed by atoms with Gasteiger partial charge in [-0.15, -0.1) is 9.90 Å². The second-order valence-electron chi connectivity index (χ2n) is 8.34. The van der Waals surface area contributed by atoms with Gasteiger partial charge in [0, 0.05) is 23.2 Å². The molecule has 168 valence electrons. The zero-order valence-corrected chi connectivity index (χ0v) is 19.0. The van der Waals surface area contributed by atoms with E-state index in [0.29, 0.717) is 22.9 Å². The third-order valence-corrected chi connectivity index (χ3v) is 6.02. The molecule has 3 N–H and O–H groups in total. The summed E-state index contributed by atoms with van der Waals surface area (Å²) in [4.78, 5) is 34.1. The molecule has 1 aliphatic rings. The number of hydrogen-bond acceptors (Lipinski definition) is 7. The van der Waals surface area contributed by atoms with E-state index < -0.39 is 11.8 Å². The number of aromatic nitrogens is 7. The molecule has 0 saturated carbocycles. The number of primary amides is 1. The standard InChI is InChI=1S/C20H17Cl2N9O2/c1-20(2)5-10(11-7-24-15-4-14(22)29-30(15)16(11)20)19(33)27-9-3-12(21)18(25-6-9)31-26-8-13(28-31)17(23)32/h3-4,6-8,10H,5H2,1-2H3,(H2,23,32)(H,27,33). The zero-order valence-electron chi connectivity index (χ0n) is 17.5. The number of fused-ring (bicyclic) bond motifs is 3. The highest BCUT2D eigenvalue weighted by molar-refractivity contribution is 6.32. The van der Waals surface area contributed by atoms with Gasteiger partial charge in [-0.3, -0.25) is 9.59 Å². The number of anilines is 1. The predicted molar refractivity (Wildman–Crippen MR) is 120 cm³/mol. The van der Waals surface area contributed by atoms with E-state index >= 15 is 0 Å². The molecule has 0 spiro atoms. The monoisotopic (exact) mass is 485 g/mol. The van der Waals surface area contributed by atoms with E-state index in [0.717, 1.165) is 16.1 Å². The Morgan fingerprint density at radius 3 is 2.64 bits per heavy atom. The Morgan fingerprint density at radius 1 is 1.15 bits per heavy atom. The lowest BCUT2D eigenvalue weighted by Crippen LogP contribution is -2.22. The maximum atomic E-state index is 13.2. The van der Waals surface area contributed by atoms with Crippen LogP contribution in [0.15, 0.2) is 30.7 Å². The fraction of sp³-hybridized carbons (Fsp3) is 0.250. The van der Waals surface area contributed by atoms with Gasteiger partial charge in [0.05, 0.1) is 34.7 Å². The van der Waals surface area contributed by atoms with E-state index in [9.17, 15) is 9.59 Å². The molecule has 0 bridgehead atoms. The summed E-state index contributed by atoms with van der Waals surface area (Å²) in [5.74, 6) is -1.19. The maximum Gasteiger partial charge on any atom is 0.270 e. The third kappa shape index (κ3) is 3.58. The molecule has 0 aromatic carbocycles. The van der Waals surface area contributed by atoms with Crippen molar-refractivity contribution in [2.75, 3.05) is 5.32 Å². The number of carbonyl (C=O) groups is 2. The Balaban J connectivity index is 1.42. The summed E-state index contributed by atoms with van der Waals surface area (Å²) in [6.07, 6.45) is 4.92. The van der Waals surface area contributed by atoms with Crippen LogP contribution in [0.4, 0.5) is 5.69 Å². The van der Waals surface area contributed by atoms with Crippen molar-refractivity contribution in [1.29, 1.82) is 0 Å². The highest BCUT2D eigenvalue weighted by Gasteiger charge is 2.43. The molecule has 0 radical (unpaired) electrons. The molecule has 2 amide bonds. The number of nitrogens with two attached hydrogens (primary N) is 1. The summed E-state index contributed by atoms with van der Waals surface area (Å²) in [6.45, 7) is 4.11. The molecule has 11 nitrogen and oxygen atoms in total. The van der Waals surface area contributed by atoms with Gasteiger partial charge in [-0.1, -0.05) is 37.0 Å². The first-order valence-corrected chi connectivity index (χ1v) is 10.6. The van der Waals surface area contributed by atoms with Crippen molar-refractivity contribution in [3.8, 4) is 5.82 Å². The normalized spacial score (nSPS) is 16.7. The molecule has 4 aromatic heterocycles. The highest BCUT2D eigenvalue weighted by Crippen LogP contribution is 2.46. The van der Waals surface area contributed by atoms with Crippen molar-refractivity contribution in [2.24, 2.45) is 5.73 Å². The summed E-state index contributed by atoms with van der Waals surface area (Å²) in [5.41, 5.74) is 7.58. The van der Waals surface area contributed by atoms with Gasteiger partial charge in [-0.2, -0.15) is 10.2 Å². The zero-order chi connectivity index (χ0) is 23.5. The molecule has 0 fully saturated rings. The Kier molecular flexibility index (Phi) is 4.83. The van der Waals surface area contributed by atoms with Gasteiger partial charge >= 0.3 is 0 Å². The minimum Gasteiger partial charge on any atom is -0.364 e. The average molecular weight is 486 g/mol. The first-order chi connectivity index (χ1) is 15.6. The van der Waals surface area contributed by atoms with Crippen molar-refractivity contribution in [2.45, 2.75) is 31.6 Å². The van der Waals surface area contributed by atoms with E-state index in [1.54, 1.807) is 16.8 Å². The minimum absolute atomic E-state index is 0.0195. The first-order valence-electron chi connectivity index (χ1n) is 9.87. The lowest BCUT2D eigenvalue weighted by atomic mass is 9.88. The van der Waals surface area contributed by atoms with Crippen molar-refractivity contribution in [3.05, 3.63) is 57.9 Å². The van der Waals surface area contributed by atoms with Crippen LogP contribution < -0.4 is 11.1 Å². The van der Waals surface area contributed by atoms with E-state index in [-0.39, 0.29) is 27.9 Å². The van der Waals surface area contributed by atoms with E-state index in [2.05, 4.69) is 44.4 Å². The van der Waals surface area contributed by atoms with Gasteiger partial charge in [-0.05, 0) is 12.5 Å². The van der Waals surface area contributed by atoms with Gasteiger partial charge in [-0.25, -0.2) is 14.5 Å². The van der Waals surface area contributed by atoms with Crippen LogP contribution >= 0.6 is 23.2 Å². The summed E-state index contributed by atoms with van der Waals surface area (Å²) in [6, 6.07) is 3.21. The quantitative estimate of drug-likeness (QED) is 0.451. The van der Waals surface area contributed by atoms with Crippen LogP contribution in [0.2, 0.25) is 10.2 Å². The predicted octanol–water partition coefficient (Wildman–Crippen LogP) is 2.51. The summed E-state index contributed by atoms with van der Waals surface area (Å²) < 4.78 is 1.70. The van der Waals surface area contributed by atoms with Crippen molar-refractivity contribution < 1.29 is 9.59 Å². The van der Waals surface area contributed by atoms with Crippen molar-refractivity contribution in [3.63, 3.8) is 0 Å². The average Bonchev–Trinajstić information content (AvgIpc) is 3.43. The van der Waals surface area contributed by atoms with Crippen molar-refractivity contribution >= 4 is 46.4 Å². The number of carbonyl (C=O) groups excluding carboxylic acids is 2. The van der Waals surface area contributed by atoms with E-state index in [4.69, 9.17) is 28.9 Å². The Labute approximate surface area is 196 Å². The summed E-state index contributed by atoms with van der Waals surface area (Å²) >= 11 is 12.4. The molecule has 4 heterocycles. The number of hydrogen-bond donors (Lipinski definition) is 2. The van der Waals surface area contributed by atoms with Crippen LogP contribution in [0, 0.1) is 0 Å². The van der Waals surface area contributed by atoms with E-state index in [1.807, 2.05) is 0 Å². The van der Waals surface area contributed by atoms with Crippen LogP contribution in [-0.4, -0.2) is 46.4 Å².